The Hall–Kier alpha value is -1.64. The molecule has 1 aromatic heterocycles. The Morgan fingerprint density at radius 3 is 2.60 bits per heavy atom. The van der Waals surface area contributed by atoms with Crippen molar-refractivity contribution in [2.24, 2.45) is 4.99 Å². The second kappa shape index (κ2) is 4.73. The van der Waals surface area contributed by atoms with E-state index in [2.05, 4.69) is 37.1 Å². The highest BCUT2D eigenvalue weighted by molar-refractivity contribution is 5.69. The van der Waals surface area contributed by atoms with E-state index in [1.54, 1.807) is 7.11 Å². The fourth-order valence-corrected chi connectivity index (χ4v) is 1.24. The molecule has 0 radical (unpaired) electrons. The van der Waals surface area contributed by atoms with E-state index in [9.17, 15) is 0 Å². The zero-order chi connectivity index (χ0) is 11.4. The molecule has 1 rings (SSSR count). The van der Waals surface area contributed by atoms with E-state index in [1.807, 2.05) is 12.1 Å². The Bertz CT molecular complexity index is 383. The Balaban J connectivity index is 3.20. The molecule has 15 heavy (non-hydrogen) atoms. The Morgan fingerprint density at radius 1 is 1.47 bits per heavy atom. The van der Waals surface area contributed by atoms with Crippen LogP contribution in [-0.2, 0) is 0 Å². The number of nitrogens with zero attached hydrogens (tertiary/aromatic N) is 2. The van der Waals surface area contributed by atoms with Crippen LogP contribution in [0, 0.1) is 0 Å². The summed E-state index contributed by atoms with van der Waals surface area (Å²) in [5.41, 5.74) is 2.36. The zero-order valence-corrected chi connectivity index (χ0v) is 9.45. The Morgan fingerprint density at radius 2 is 2.13 bits per heavy atom. The predicted molar refractivity (Wildman–Crippen MR) is 63.5 cm³/mol. The van der Waals surface area contributed by atoms with Crippen molar-refractivity contribution in [3.8, 4) is 5.88 Å². The highest BCUT2D eigenvalue weighted by atomic mass is 16.5. The van der Waals surface area contributed by atoms with E-state index in [0.717, 1.165) is 11.3 Å². The number of pyridine rings is 1. The lowest BCUT2D eigenvalue weighted by Crippen LogP contribution is -1.99. The Labute approximate surface area is 90.5 Å². The molecule has 0 N–H and O–H groups in total. The smallest absolute Gasteiger partial charge is 0.222 e. The van der Waals surface area contributed by atoms with Crippen molar-refractivity contribution in [2.45, 2.75) is 19.8 Å². The molecule has 0 aliphatic heterocycles. The van der Waals surface area contributed by atoms with Crippen LogP contribution in [-0.4, -0.2) is 18.8 Å². The molecule has 80 valence electrons. The summed E-state index contributed by atoms with van der Waals surface area (Å²) in [7, 11) is 1.59. The van der Waals surface area contributed by atoms with Gasteiger partial charge in [-0.15, -0.1) is 0 Å². The maximum Gasteiger partial charge on any atom is 0.222 e. The van der Waals surface area contributed by atoms with Crippen LogP contribution < -0.4 is 4.74 Å². The van der Waals surface area contributed by atoms with Gasteiger partial charge in [0, 0.05) is 5.69 Å². The summed E-state index contributed by atoms with van der Waals surface area (Å²) in [6, 6.07) is 3.87. The lowest BCUT2D eigenvalue weighted by Gasteiger charge is -2.10. The highest BCUT2D eigenvalue weighted by Gasteiger charge is 2.10. The summed E-state index contributed by atoms with van der Waals surface area (Å²) in [5.74, 6) is 0.927. The SMILES string of the molecule is C=NC(=C)c1ccc(C(C)C)nc1OC. The largest absolute Gasteiger partial charge is 0.480 e. The number of methoxy groups -OCH3 is 1. The van der Waals surface area contributed by atoms with Crippen LogP contribution in [0.15, 0.2) is 23.7 Å². The maximum atomic E-state index is 5.20. The van der Waals surface area contributed by atoms with Crippen molar-refractivity contribution in [3.63, 3.8) is 0 Å². The van der Waals surface area contributed by atoms with E-state index in [4.69, 9.17) is 4.74 Å². The predicted octanol–water partition coefficient (Wildman–Crippen LogP) is 2.88. The topological polar surface area (TPSA) is 34.5 Å². The lowest BCUT2D eigenvalue weighted by atomic mass is 10.1. The number of hydrogen-bond donors (Lipinski definition) is 0. The highest BCUT2D eigenvalue weighted by Crippen LogP contribution is 2.25. The molecule has 0 saturated heterocycles. The molecule has 1 heterocycles. The zero-order valence-electron chi connectivity index (χ0n) is 9.45. The Kier molecular flexibility index (Phi) is 3.61. The third-order valence-corrected chi connectivity index (χ3v) is 2.17. The summed E-state index contributed by atoms with van der Waals surface area (Å²) in [6.07, 6.45) is 0. The van der Waals surface area contributed by atoms with Gasteiger partial charge in [-0.1, -0.05) is 20.4 Å². The molecule has 0 saturated carbocycles. The van der Waals surface area contributed by atoms with Gasteiger partial charge in [0.1, 0.15) is 0 Å². The molecule has 0 bridgehead atoms. The van der Waals surface area contributed by atoms with Crippen molar-refractivity contribution in [3.05, 3.63) is 30.0 Å². The minimum atomic E-state index is 0.373. The first kappa shape index (κ1) is 11.4. The van der Waals surface area contributed by atoms with Gasteiger partial charge in [-0.3, -0.25) is 4.99 Å². The summed E-state index contributed by atoms with van der Waals surface area (Å²) in [6.45, 7) is 11.4. The van der Waals surface area contributed by atoms with Gasteiger partial charge in [-0.05, 0) is 24.8 Å². The molecular formula is C12H16N2O. The molecule has 0 unspecified atom stereocenters. The maximum absolute atomic E-state index is 5.20. The average Bonchev–Trinajstić information content (AvgIpc) is 2.27. The van der Waals surface area contributed by atoms with Crippen LogP contribution in [0.3, 0.4) is 0 Å². The first-order valence-electron chi connectivity index (χ1n) is 4.81. The minimum absolute atomic E-state index is 0.373. The van der Waals surface area contributed by atoms with Crippen molar-refractivity contribution in [1.82, 2.24) is 4.98 Å². The van der Waals surface area contributed by atoms with Gasteiger partial charge in [0.25, 0.3) is 0 Å². The standard InChI is InChI=1S/C12H16N2O/c1-8(2)11-7-6-10(9(3)13-4)12(14-11)15-5/h6-8H,3-4H2,1-2,5H3. The van der Waals surface area contributed by atoms with E-state index < -0.39 is 0 Å². The fraction of sp³-hybridized carbons (Fsp3) is 0.333. The van der Waals surface area contributed by atoms with Gasteiger partial charge < -0.3 is 4.74 Å². The van der Waals surface area contributed by atoms with Crippen molar-refractivity contribution in [1.29, 1.82) is 0 Å². The summed E-state index contributed by atoms with van der Waals surface area (Å²) < 4.78 is 5.20. The van der Waals surface area contributed by atoms with Crippen LogP contribution in [0.5, 0.6) is 5.88 Å². The van der Waals surface area contributed by atoms with Crippen molar-refractivity contribution < 1.29 is 4.74 Å². The molecule has 1 aromatic rings. The molecule has 3 heteroatoms. The van der Waals surface area contributed by atoms with Gasteiger partial charge >= 0.3 is 0 Å². The van der Waals surface area contributed by atoms with Gasteiger partial charge in [0.2, 0.25) is 5.88 Å². The first-order chi connectivity index (χ1) is 7.10. The van der Waals surface area contributed by atoms with E-state index in [-0.39, 0.29) is 0 Å². The number of aliphatic imine (C=N–C) groups is 1. The van der Waals surface area contributed by atoms with Gasteiger partial charge in [-0.2, -0.15) is 0 Å². The van der Waals surface area contributed by atoms with Crippen LogP contribution in [0.2, 0.25) is 0 Å². The molecule has 0 atom stereocenters. The summed E-state index contributed by atoms with van der Waals surface area (Å²) in [5, 5.41) is 0. The molecule has 0 aromatic carbocycles. The van der Waals surface area contributed by atoms with Crippen LogP contribution in [0.4, 0.5) is 0 Å². The molecule has 0 fully saturated rings. The van der Waals surface area contributed by atoms with Gasteiger partial charge in [-0.25, -0.2) is 4.98 Å². The van der Waals surface area contributed by atoms with Crippen LogP contribution in [0.25, 0.3) is 5.70 Å². The molecule has 0 spiro atoms. The molecular weight excluding hydrogens is 188 g/mol. The second-order valence-corrected chi connectivity index (χ2v) is 3.55. The third-order valence-electron chi connectivity index (χ3n) is 2.17. The average molecular weight is 204 g/mol. The molecule has 0 aliphatic rings. The van der Waals surface area contributed by atoms with Crippen LogP contribution >= 0.6 is 0 Å². The molecule has 0 amide bonds. The third kappa shape index (κ3) is 2.43. The second-order valence-electron chi connectivity index (χ2n) is 3.55. The lowest BCUT2D eigenvalue weighted by molar-refractivity contribution is 0.394. The molecule has 3 nitrogen and oxygen atoms in total. The fourth-order valence-electron chi connectivity index (χ4n) is 1.24. The number of ether oxygens (including phenoxy) is 1. The van der Waals surface area contributed by atoms with E-state index in [1.165, 1.54) is 0 Å². The summed E-state index contributed by atoms with van der Waals surface area (Å²) >= 11 is 0. The van der Waals surface area contributed by atoms with Crippen molar-refractivity contribution in [2.75, 3.05) is 7.11 Å². The normalized spacial score (nSPS) is 10.1. The van der Waals surface area contributed by atoms with Crippen LogP contribution in [0.1, 0.15) is 31.0 Å². The number of rotatable bonds is 4. The number of hydrogen-bond acceptors (Lipinski definition) is 3. The summed E-state index contributed by atoms with van der Waals surface area (Å²) in [4.78, 5) is 8.17. The first-order valence-corrected chi connectivity index (χ1v) is 4.81. The number of aromatic nitrogens is 1. The monoisotopic (exact) mass is 204 g/mol. The molecule has 0 aliphatic carbocycles. The van der Waals surface area contributed by atoms with E-state index >= 15 is 0 Å². The quantitative estimate of drug-likeness (QED) is 0.707. The van der Waals surface area contributed by atoms with Crippen molar-refractivity contribution >= 4 is 12.4 Å². The van der Waals surface area contributed by atoms with E-state index in [0.29, 0.717) is 17.5 Å². The van der Waals surface area contributed by atoms with Gasteiger partial charge in [0.05, 0.1) is 18.4 Å². The minimum Gasteiger partial charge on any atom is -0.480 e. The van der Waals surface area contributed by atoms with Gasteiger partial charge in [0.15, 0.2) is 0 Å².